The maximum Gasteiger partial charge on any atom is 0.235 e. The van der Waals surface area contributed by atoms with Crippen molar-refractivity contribution < 1.29 is 9.57 Å². The van der Waals surface area contributed by atoms with Crippen LogP contribution in [0.15, 0.2) is 33.9 Å². The Balaban J connectivity index is 1.87. The van der Waals surface area contributed by atoms with Gasteiger partial charge in [0.05, 0.1) is 18.2 Å². The zero-order valence-corrected chi connectivity index (χ0v) is 10.3. The van der Waals surface area contributed by atoms with Crippen molar-refractivity contribution in [2.24, 2.45) is 11.1 Å². The summed E-state index contributed by atoms with van der Waals surface area (Å²) < 4.78 is 6.61. The van der Waals surface area contributed by atoms with Crippen molar-refractivity contribution in [1.82, 2.24) is 0 Å². The lowest BCUT2D eigenvalue weighted by Gasteiger charge is -2.23. The summed E-state index contributed by atoms with van der Waals surface area (Å²) in [4.78, 5) is 5.31. The van der Waals surface area contributed by atoms with Crippen molar-refractivity contribution in [2.45, 2.75) is 19.1 Å². The molecule has 0 N–H and O–H groups in total. The first kappa shape index (κ1) is 10.3. The Hall–Kier alpha value is -0.870. The molecule has 3 nitrogen and oxygen atoms in total. The second kappa shape index (κ2) is 4.18. The van der Waals surface area contributed by atoms with Gasteiger partial charge in [-0.25, -0.2) is 0 Å². The highest BCUT2D eigenvalue weighted by Crippen LogP contribution is 2.31. The molecule has 2 aliphatic rings. The molecule has 4 heteroatoms. The Kier molecular flexibility index (Phi) is 2.69. The molecule has 1 aromatic carbocycles. The summed E-state index contributed by atoms with van der Waals surface area (Å²) in [6, 6.07) is 8.16. The second-order valence-electron chi connectivity index (χ2n) is 4.08. The molecular weight excluding hydrogens is 270 g/mol. The van der Waals surface area contributed by atoms with Crippen molar-refractivity contribution in [1.29, 1.82) is 0 Å². The van der Waals surface area contributed by atoms with Crippen LogP contribution < -0.4 is 0 Å². The smallest absolute Gasteiger partial charge is 0.235 e. The summed E-state index contributed by atoms with van der Waals surface area (Å²) in [5.74, 6) is 0.301. The molecule has 2 aliphatic heterocycles. The van der Waals surface area contributed by atoms with E-state index in [0.29, 0.717) is 5.92 Å². The molecule has 16 heavy (non-hydrogen) atoms. The van der Waals surface area contributed by atoms with Crippen molar-refractivity contribution in [3.05, 3.63) is 34.3 Å². The number of rotatable bonds is 1. The summed E-state index contributed by atoms with van der Waals surface area (Å²) in [6.45, 7) is 0.782. The van der Waals surface area contributed by atoms with Crippen LogP contribution in [0.2, 0.25) is 0 Å². The Morgan fingerprint density at radius 3 is 2.88 bits per heavy atom. The molecule has 84 valence electrons. The minimum absolute atomic E-state index is 0.160. The van der Waals surface area contributed by atoms with Gasteiger partial charge in [0.25, 0.3) is 0 Å². The standard InChI is InChI=1S/C12H12BrNO2/c13-9-5-3-8(4-6-9)11-10-2-1-7-15-12(10)16-14-11/h3-6,10,12H,1-2,7H2. The first-order valence-electron chi connectivity index (χ1n) is 5.46. The highest BCUT2D eigenvalue weighted by molar-refractivity contribution is 9.10. The van der Waals surface area contributed by atoms with Crippen LogP contribution in [0.3, 0.4) is 0 Å². The van der Waals surface area contributed by atoms with E-state index in [1.54, 1.807) is 0 Å². The van der Waals surface area contributed by atoms with Crippen molar-refractivity contribution in [3.63, 3.8) is 0 Å². The summed E-state index contributed by atoms with van der Waals surface area (Å²) in [7, 11) is 0. The first-order chi connectivity index (χ1) is 7.84. The van der Waals surface area contributed by atoms with Crippen LogP contribution in [0.25, 0.3) is 0 Å². The van der Waals surface area contributed by atoms with Crippen LogP contribution >= 0.6 is 15.9 Å². The van der Waals surface area contributed by atoms with Gasteiger partial charge >= 0.3 is 0 Å². The molecule has 0 amide bonds. The average molecular weight is 282 g/mol. The molecule has 0 aliphatic carbocycles. The van der Waals surface area contributed by atoms with Crippen molar-refractivity contribution in [2.75, 3.05) is 6.61 Å². The largest absolute Gasteiger partial charge is 0.363 e. The number of nitrogens with zero attached hydrogens (tertiary/aromatic N) is 1. The third kappa shape index (κ3) is 1.76. The lowest BCUT2D eigenvalue weighted by Crippen LogP contribution is -2.31. The van der Waals surface area contributed by atoms with Gasteiger partial charge in [0, 0.05) is 4.47 Å². The Bertz CT molecular complexity index is 416. The van der Waals surface area contributed by atoms with E-state index >= 15 is 0 Å². The molecule has 0 spiro atoms. The number of hydrogen-bond acceptors (Lipinski definition) is 3. The number of ether oxygens (including phenoxy) is 1. The second-order valence-corrected chi connectivity index (χ2v) is 4.99. The fourth-order valence-electron chi connectivity index (χ4n) is 2.19. The van der Waals surface area contributed by atoms with Gasteiger partial charge in [-0.3, -0.25) is 0 Å². The maximum absolute atomic E-state index is 5.53. The van der Waals surface area contributed by atoms with E-state index in [-0.39, 0.29) is 6.29 Å². The summed E-state index contributed by atoms with van der Waals surface area (Å²) in [6.07, 6.45) is 2.02. The highest BCUT2D eigenvalue weighted by atomic mass is 79.9. The topological polar surface area (TPSA) is 30.8 Å². The summed E-state index contributed by atoms with van der Waals surface area (Å²) >= 11 is 3.43. The Morgan fingerprint density at radius 2 is 2.06 bits per heavy atom. The number of halogens is 1. The molecule has 1 saturated heterocycles. The molecule has 0 saturated carbocycles. The molecule has 0 aromatic heterocycles. The average Bonchev–Trinajstić information content (AvgIpc) is 2.74. The molecule has 1 fully saturated rings. The van der Waals surface area contributed by atoms with Gasteiger partial charge in [0.1, 0.15) is 0 Å². The van der Waals surface area contributed by atoms with Gasteiger partial charge in [-0.1, -0.05) is 33.2 Å². The normalized spacial score (nSPS) is 28.2. The Morgan fingerprint density at radius 1 is 1.25 bits per heavy atom. The van der Waals surface area contributed by atoms with Crippen LogP contribution in [0.5, 0.6) is 0 Å². The van der Waals surface area contributed by atoms with Crippen LogP contribution in [-0.4, -0.2) is 18.6 Å². The van der Waals surface area contributed by atoms with E-state index in [9.17, 15) is 0 Å². The Labute approximate surface area is 103 Å². The molecule has 0 bridgehead atoms. The number of benzene rings is 1. The first-order valence-corrected chi connectivity index (χ1v) is 6.25. The molecule has 1 aromatic rings. The van der Waals surface area contributed by atoms with E-state index in [0.717, 1.165) is 35.2 Å². The van der Waals surface area contributed by atoms with E-state index < -0.39 is 0 Å². The van der Waals surface area contributed by atoms with E-state index in [4.69, 9.17) is 9.57 Å². The fourth-order valence-corrected chi connectivity index (χ4v) is 2.45. The highest BCUT2D eigenvalue weighted by Gasteiger charge is 2.37. The fraction of sp³-hybridized carbons (Fsp3) is 0.417. The van der Waals surface area contributed by atoms with E-state index in [2.05, 4.69) is 33.2 Å². The third-order valence-corrected chi connectivity index (χ3v) is 3.54. The van der Waals surface area contributed by atoms with Crippen molar-refractivity contribution >= 4 is 21.6 Å². The molecule has 3 rings (SSSR count). The van der Waals surface area contributed by atoms with Crippen molar-refractivity contribution in [3.8, 4) is 0 Å². The van der Waals surface area contributed by atoms with Gasteiger partial charge in [-0.15, -0.1) is 0 Å². The lowest BCUT2D eigenvalue weighted by atomic mass is 9.91. The monoisotopic (exact) mass is 281 g/mol. The summed E-state index contributed by atoms with van der Waals surface area (Å²) in [5.41, 5.74) is 2.15. The number of oxime groups is 1. The van der Waals surface area contributed by atoms with Gasteiger partial charge in [-0.05, 0) is 30.5 Å². The summed E-state index contributed by atoms with van der Waals surface area (Å²) in [5, 5.41) is 4.16. The predicted octanol–water partition coefficient (Wildman–Crippen LogP) is 2.94. The number of hydrogen-bond donors (Lipinski definition) is 0. The molecule has 2 heterocycles. The SMILES string of the molecule is Brc1ccc(C2=NOC3OCCCC23)cc1. The zero-order chi connectivity index (χ0) is 11.0. The molecular formula is C12H12BrNO2. The van der Waals surface area contributed by atoms with Crippen LogP contribution in [0.1, 0.15) is 18.4 Å². The van der Waals surface area contributed by atoms with Gasteiger partial charge < -0.3 is 9.57 Å². The molecule has 0 radical (unpaired) electrons. The van der Waals surface area contributed by atoms with Crippen LogP contribution in [0, 0.1) is 5.92 Å². The minimum atomic E-state index is -0.160. The van der Waals surface area contributed by atoms with Crippen LogP contribution in [-0.2, 0) is 9.57 Å². The van der Waals surface area contributed by atoms with Gasteiger partial charge in [0.15, 0.2) is 0 Å². The number of fused-ring (bicyclic) bond motifs is 1. The van der Waals surface area contributed by atoms with E-state index in [1.165, 1.54) is 0 Å². The van der Waals surface area contributed by atoms with E-state index in [1.807, 2.05) is 12.1 Å². The lowest BCUT2D eigenvalue weighted by molar-refractivity contribution is -0.162. The van der Waals surface area contributed by atoms with Gasteiger partial charge in [-0.2, -0.15) is 0 Å². The predicted molar refractivity (Wildman–Crippen MR) is 64.2 cm³/mol. The van der Waals surface area contributed by atoms with Crippen LogP contribution in [0.4, 0.5) is 0 Å². The molecule has 2 unspecified atom stereocenters. The maximum atomic E-state index is 5.53. The minimum Gasteiger partial charge on any atom is -0.363 e. The quantitative estimate of drug-likeness (QED) is 0.793. The van der Waals surface area contributed by atoms with Gasteiger partial charge in [0.2, 0.25) is 6.29 Å². The molecule has 2 atom stereocenters. The zero-order valence-electron chi connectivity index (χ0n) is 8.73. The third-order valence-electron chi connectivity index (χ3n) is 3.02.